The second-order valence-electron chi connectivity index (χ2n) is 6.27. The number of Topliss-reactive ketones (excluding diaryl/α,β-unsaturated/α-hetero) is 1. The quantitative estimate of drug-likeness (QED) is 0.550. The summed E-state index contributed by atoms with van der Waals surface area (Å²) in [5.41, 5.74) is 2.30. The zero-order valence-electron chi connectivity index (χ0n) is 15.9. The number of ether oxygens (including phenoxy) is 1. The van der Waals surface area contributed by atoms with E-state index in [0.717, 1.165) is 11.4 Å². The Morgan fingerprint density at radius 3 is 2.48 bits per heavy atom. The monoisotopic (exact) mass is 392 g/mol. The number of carbonyl (C=O) groups is 2. The Bertz CT molecular complexity index is 960. The molecule has 2 rings (SSSR count). The number of ketones is 1. The molecule has 27 heavy (non-hydrogen) atoms. The highest BCUT2D eigenvalue weighted by molar-refractivity contribution is 7.89. The van der Waals surface area contributed by atoms with Crippen LogP contribution in [0.15, 0.2) is 35.2 Å². The molecule has 146 valence electrons. The van der Waals surface area contributed by atoms with Crippen molar-refractivity contribution >= 4 is 21.8 Å². The van der Waals surface area contributed by atoms with E-state index in [1.807, 2.05) is 32.4 Å². The van der Waals surface area contributed by atoms with Gasteiger partial charge in [0, 0.05) is 30.5 Å². The molecule has 1 aromatic heterocycles. The van der Waals surface area contributed by atoms with E-state index in [9.17, 15) is 18.0 Å². The first-order chi connectivity index (χ1) is 12.7. The fourth-order valence-corrected chi connectivity index (χ4v) is 3.72. The molecule has 0 aliphatic rings. The lowest BCUT2D eigenvalue weighted by Gasteiger charge is -2.08. The molecule has 0 aliphatic heterocycles. The van der Waals surface area contributed by atoms with E-state index in [-0.39, 0.29) is 16.2 Å². The normalized spacial score (nSPS) is 11.4. The van der Waals surface area contributed by atoms with Gasteiger partial charge < -0.3 is 9.30 Å². The standard InChI is InChI=1S/C19H24N2O5S/c1-5-9-20-27(24,25)16-8-6-7-15(11-16)19(23)26-12-18(22)17-10-13(2)21(4)14(17)3/h6-8,10-11,20H,5,9,12H2,1-4H3. The van der Waals surface area contributed by atoms with E-state index in [1.54, 1.807) is 6.07 Å². The molecule has 0 atom stereocenters. The molecular weight excluding hydrogens is 368 g/mol. The van der Waals surface area contributed by atoms with Gasteiger partial charge in [0.1, 0.15) is 0 Å². The fraction of sp³-hybridized carbons (Fsp3) is 0.368. The van der Waals surface area contributed by atoms with Gasteiger partial charge in [0.05, 0.1) is 10.5 Å². The molecule has 0 radical (unpaired) electrons. The highest BCUT2D eigenvalue weighted by Crippen LogP contribution is 2.15. The van der Waals surface area contributed by atoms with Crippen molar-refractivity contribution in [2.45, 2.75) is 32.1 Å². The maximum absolute atomic E-state index is 12.3. The Morgan fingerprint density at radius 2 is 1.89 bits per heavy atom. The highest BCUT2D eigenvalue weighted by atomic mass is 32.2. The molecule has 1 N–H and O–H groups in total. The zero-order chi connectivity index (χ0) is 20.2. The van der Waals surface area contributed by atoms with E-state index in [0.29, 0.717) is 18.5 Å². The molecule has 1 heterocycles. The van der Waals surface area contributed by atoms with Crippen molar-refractivity contribution in [1.82, 2.24) is 9.29 Å². The van der Waals surface area contributed by atoms with Crippen molar-refractivity contribution in [2.24, 2.45) is 7.05 Å². The fourth-order valence-electron chi connectivity index (χ4n) is 2.54. The van der Waals surface area contributed by atoms with Gasteiger partial charge in [-0.15, -0.1) is 0 Å². The molecule has 0 unspecified atom stereocenters. The maximum Gasteiger partial charge on any atom is 0.338 e. The number of benzene rings is 1. The van der Waals surface area contributed by atoms with Crippen LogP contribution in [-0.2, 0) is 21.8 Å². The summed E-state index contributed by atoms with van der Waals surface area (Å²) in [6.07, 6.45) is 0.654. The number of aromatic nitrogens is 1. The third-order valence-corrected chi connectivity index (χ3v) is 5.79. The number of nitrogens with zero attached hydrogens (tertiary/aromatic N) is 1. The molecule has 0 saturated carbocycles. The second kappa shape index (κ2) is 8.49. The number of hydrogen-bond acceptors (Lipinski definition) is 5. The van der Waals surface area contributed by atoms with Crippen molar-refractivity contribution in [3.8, 4) is 0 Å². The summed E-state index contributed by atoms with van der Waals surface area (Å²) in [6.45, 7) is 5.45. The van der Waals surface area contributed by atoms with E-state index in [1.165, 1.54) is 24.3 Å². The van der Waals surface area contributed by atoms with Crippen LogP contribution in [0.25, 0.3) is 0 Å². The van der Waals surface area contributed by atoms with E-state index in [4.69, 9.17) is 4.74 Å². The van der Waals surface area contributed by atoms with Crippen LogP contribution in [0.2, 0.25) is 0 Å². The third-order valence-electron chi connectivity index (χ3n) is 4.33. The number of nitrogens with one attached hydrogen (secondary N) is 1. The SMILES string of the molecule is CCCNS(=O)(=O)c1cccc(C(=O)OCC(=O)c2cc(C)n(C)c2C)c1. The first-order valence-corrected chi connectivity index (χ1v) is 10.1. The molecule has 8 heteroatoms. The molecule has 0 spiro atoms. The Balaban J connectivity index is 2.09. The topological polar surface area (TPSA) is 94.5 Å². The first kappa shape index (κ1) is 20.9. The molecule has 0 bridgehead atoms. The predicted octanol–water partition coefficient (Wildman–Crippen LogP) is 2.37. The van der Waals surface area contributed by atoms with Crippen molar-refractivity contribution in [3.05, 3.63) is 52.8 Å². The van der Waals surface area contributed by atoms with E-state index >= 15 is 0 Å². The number of sulfonamides is 1. The summed E-state index contributed by atoms with van der Waals surface area (Å²) in [4.78, 5) is 24.5. The van der Waals surface area contributed by atoms with Crippen molar-refractivity contribution < 1.29 is 22.7 Å². The van der Waals surface area contributed by atoms with Gasteiger partial charge in [0.2, 0.25) is 15.8 Å². The number of hydrogen-bond donors (Lipinski definition) is 1. The van der Waals surface area contributed by atoms with Crippen molar-refractivity contribution in [3.63, 3.8) is 0 Å². The van der Waals surface area contributed by atoms with Crippen LogP contribution in [-0.4, -0.2) is 37.9 Å². The van der Waals surface area contributed by atoms with Gasteiger partial charge in [0.15, 0.2) is 6.61 Å². The summed E-state index contributed by atoms with van der Waals surface area (Å²) in [6, 6.07) is 7.30. The average Bonchev–Trinajstić information content (AvgIpc) is 2.91. The summed E-state index contributed by atoms with van der Waals surface area (Å²) < 4.78 is 33.7. The van der Waals surface area contributed by atoms with Gasteiger partial charge in [-0.1, -0.05) is 13.0 Å². The van der Waals surface area contributed by atoms with Crippen LogP contribution in [0.1, 0.15) is 45.4 Å². The molecule has 0 aliphatic carbocycles. The van der Waals surface area contributed by atoms with Gasteiger partial charge in [-0.05, 0) is 44.5 Å². The second-order valence-corrected chi connectivity index (χ2v) is 8.04. The molecule has 0 fully saturated rings. The number of aryl methyl sites for hydroxylation is 1. The van der Waals surface area contributed by atoms with Crippen LogP contribution >= 0.6 is 0 Å². The van der Waals surface area contributed by atoms with Crippen molar-refractivity contribution in [2.75, 3.05) is 13.2 Å². The Hall–Kier alpha value is -2.45. The molecule has 1 aromatic carbocycles. The van der Waals surface area contributed by atoms with Gasteiger partial charge in [-0.2, -0.15) is 0 Å². The lowest BCUT2D eigenvalue weighted by atomic mass is 10.1. The smallest absolute Gasteiger partial charge is 0.338 e. The van der Waals surface area contributed by atoms with Gasteiger partial charge >= 0.3 is 5.97 Å². The van der Waals surface area contributed by atoms with E-state index in [2.05, 4.69) is 4.72 Å². The summed E-state index contributed by atoms with van der Waals surface area (Å²) in [5.74, 6) is -1.06. The minimum Gasteiger partial charge on any atom is -0.454 e. The summed E-state index contributed by atoms with van der Waals surface area (Å²) in [5, 5.41) is 0. The Kier molecular flexibility index (Phi) is 6.56. The largest absolute Gasteiger partial charge is 0.454 e. The lowest BCUT2D eigenvalue weighted by molar-refractivity contribution is 0.0474. The Morgan fingerprint density at radius 1 is 1.19 bits per heavy atom. The zero-order valence-corrected chi connectivity index (χ0v) is 16.7. The van der Waals surface area contributed by atoms with Crippen LogP contribution in [0.5, 0.6) is 0 Å². The molecular formula is C19H24N2O5S. The molecule has 7 nitrogen and oxygen atoms in total. The van der Waals surface area contributed by atoms with Crippen LogP contribution in [0, 0.1) is 13.8 Å². The molecule has 0 saturated heterocycles. The highest BCUT2D eigenvalue weighted by Gasteiger charge is 2.19. The molecule has 0 amide bonds. The maximum atomic E-state index is 12.3. The summed E-state index contributed by atoms with van der Waals surface area (Å²) >= 11 is 0. The van der Waals surface area contributed by atoms with Gasteiger partial charge in [-0.25, -0.2) is 17.9 Å². The minimum absolute atomic E-state index is 0.0220. The lowest BCUT2D eigenvalue weighted by Crippen LogP contribution is -2.24. The van der Waals surface area contributed by atoms with Crippen molar-refractivity contribution in [1.29, 1.82) is 0 Å². The van der Waals surface area contributed by atoms with Crippen LogP contribution in [0.3, 0.4) is 0 Å². The van der Waals surface area contributed by atoms with Gasteiger partial charge in [-0.3, -0.25) is 4.79 Å². The number of carbonyl (C=O) groups excluding carboxylic acids is 2. The van der Waals surface area contributed by atoms with Crippen LogP contribution in [0.4, 0.5) is 0 Å². The minimum atomic E-state index is -3.69. The summed E-state index contributed by atoms with van der Waals surface area (Å²) in [7, 11) is -1.83. The number of rotatable bonds is 8. The van der Waals surface area contributed by atoms with Crippen LogP contribution < -0.4 is 4.72 Å². The first-order valence-electron chi connectivity index (χ1n) is 8.60. The predicted molar refractivity (Wildman–Crippen MR) is 101 cm³/mol. The van der Waals surface area contributed by atoms with E-state index < -0.39 is 22.6 Å². The van der Waals surface area contributed by atoms with Gasteiger partial charge in [0.25, 0.3) is 0 Å². The number of esters is 1. The molecule has 2 aromatic rings. The average molecular weight is 392 g/mol. The third kappa shape index (κ3) is 4.84. The Labute approximate surface area is 159 Å².